The zero-order valence-corrected chi connectivity index (χ0v) is 13.1. The molecule has 1 fully saturated rings. The van der Waals surface area contributed by atoms with Gasteiger partial charge in [-0.3, -0.25) is 4.79 Å². The van der Waals surface area contributed by atoms with E-state index in [0.29, 0.717) is 0 Å². The summed E-state index contributed by atoms with van der Waals surface area (Å²) in [5, 5.41) is 3.29. The summed E-state index contributed by atoms with van der Waals surface area (Å²) >= 11 is 3.43. The molecule has 2 rings (SSSR count). The van der Waals surface area contributed by atoms with Gasteiger partial charge in [-0.05, 0) is 37.2 Å². The maximum Gasteiger partial charge on any atom is 0.246 e. The predicted molar refractivity (Wildman–Crippen MR) is 83.8 cm³/mol. The van der Waals surface area contributed by atoms with Gasteiger partial charge in [0.05, 0.1) is 7.11 Å². The van der Waals surface area contributed by atoms with Crippen LogP contribution in [0.2, 0.25) is 0 Å². The van der Waals surface area contributed by atoms with Crippen LogP contribution < -0.4 is 10.1 Å². The van der Waals surface area contributed by atoms with Crippen molar-refractivity contribution in [1.29, 1.82) is 0 Å². The number of nitrogens with one attached hydrogen (secondary N) is 1. The van der Waals surface area contributed by atoms with Crippen LogP contribution in [0.5, 0.6) is 5.75 Å². The summed E-state index contributed by atoms with van der Waals surface area (Å²) in [6, 6.07) is 5.73. The van der Waals surface area contributed by atoms with Gasteiger partial charge in [-0.2, -0.15) is 0 Å². The minimum absolute atomic E-state index is 0.0516. The first-order valence-corrected chi connectivity index (χ1v) is 7.51. The van der Waals surface area contributed by atoms with Crippen LogP contribution in [0.25, 0.3) is 6.08 Å². The van der Waals surface area contributed by atoms with Crippen LogP contribution in [0.1, 0.15) is 12.0 Å². The van der Waals surface area contributed by atoms with Crippen molar-refractivity contribution in [2.45, 2.75) is 6.42 Å². The van der Waals surface area contributed by atoms with E-state index in [4.69, 9.17) is 4.74 Å². The van der Waals surface area contributed by atoms with Crippen molar-refractivity contribution >= 4 is 27.9 Å². The Kier molecular flexibility index (Phi) is 5.61. The van der Waals surface area contributed by atoms with Gasteiger partial charge in [-0.25, -0.2) is 0 Å². The molecule has 1 aromatic rings. The smallest absolute Gasteiger partial charge is 0.246 e. The van der Waals surface area contributed by atoms with Gasteiger partial charge in [0.1, 0.15) is 5.75 Å². The Balaban J connectivity index is 2.08. The Morgan fingerprint density at radius 2 is 2.25 bits per heavy atom. The van der Waals surface area contributed by atoms with Crippen molar-refractivity contribution in [2.75, 3.05) is 33.3 Å². The molecule has 0 aromatic heterocycles. The van der Waals surface area contributed by atoms with Gasteiger partial charge in [0.15, 0.2) is 0 Å². The third-order valence-electron chi connectivity index (χ3n) is 3.25. The van der Waals surface area contributed by atoms with Crippen LogP contribution in [0, 0.1) is 0 Å². The number of carbonyl (C=O) groups is 1. The zero-order valence-electron chi connectivity index (χ0n) is 11.6. The average molecular weight is 339 g/mol. The molecule has 0 bridgehead atoms. The first-order chi connectivity index (χ1) is 9.70. The number of methoxy groups -OCH3 is 1. The van der Waals surface area contributed by atoms with Crippen LogP contribution in [0.4, 0.5) is 0 Å². The molecule has 1 heterocycles. The zero-order chi connectivity index (χ0) is 14.4. The summed E-state index contributed by atoms with van der Waals surface area (Å²) in [5.41, 5.74) is 0.892. The first-order valence-electron chi connectivity index (χ1n) is 6.72. The van der Waals surface area contributed by atoms with E-state index in [1.54, 1.807) is 13.2 Å². The Hall–Kier alpha value is -1.33. The second-order valence-corrected chi connectivity index (χ2v) is 5.56. The summed E-state index contributed by atoms with van der Waals surface area (Å²) in [4.78, 5) is 14.0. The van der Waals surface area contributed by atoms with Crippen molar-refractivity contribution in [3.05, 3.63) is 34.3 Å². The molecule has 20 heavy (non-hydrogen) atoms. The van der Waals surface area contributed by atoms with Gasteiger partial charge in [0, 0.05) is 35.7 Å². The average Bonchev–Trinajstić information content (AvgIpc) is 2.74. The Morgan fingerprint density at radius 3 is 3.05 bits per heavy atom. The normalized spacial score (nSPS) is 16.2. The first kappa shape index (κ1) is 15.1. The monoisotopic (exact) mass is 338 g/mol. The number of ether oxygens (including phenoxy) is 1. The summed E-state index contributed by atoms with van der Waals surface area (Å²) in [6.07, 6.45) is 4.43. The highest BCUT2D eigenvalue weighted by Crippen LogP contribution is 2.24. The molecular formula is C15H19BrN2O2. The van der Waals surface area contributed by atoms with Gasteiger partial charge in [0.2, 0.25) is 5.91 Å². The van der Waals surface area contributed by atoms with E-state index in [-0.39, 0.29) is 5.91 Å². The maximum absolute atomic E-state index is 12.2. The van der Waals surface area contributed by atoms with Gasteiger partial charge in [0.25, 0.3) is 0 Å². The van der Waals surface area contributed by atoms with Crippen molar-refractivity contribution in [2.24, 2.45) is 0 Å². The fourth-order valence-corrected chi connectivity index (χ4v) is 2.55. The molecule has 1 amide bonds. The Labute approximate surface area is 127 Å². The number of rotatable bonds is 3. The molecule has 1 aliphatic rings. The highest BCUT2D eigenvalue weighted by atomic mass is 79.9. The van der Waals surface area contributed by atoms with E-state index < -0.39 is 0 Å². The van der Waals surface area contributed by atoms with Crippen molar-refractivity contribution in [1.82, 2.24) is 10.2 Å². The molecule has 1 aliphatic heterocycles. The fourth-order valence-electron chi connectivity index (χ4n) is 2.17. The Morgan fingerprint density at radius 1 is 1.40 bits per heavy atom. The molecule has 1 saturated heterocycles. The summed E-state index contributed by atoms with van der Waals surface area (Å²) < 4.78 is 6.25. The molecule has 0 spiro atoms. The van der Waals surface area contributed by atoms with E-state index in [0.717, 1.165) is 48.4 Å². The van der Waals surface area contributed by atoms with Crippen LogP contribution >= 0.6 is 15.9 Å². The summed E-state index contributed by atoms with van der Waals surface area (Å²) in [7, 11) is 1.63. The van der Waals surface area contributed by atoms with E-state index in [2.05, 4.69) is 21.2 Å². The molecule has 0 radical (unpaired) electrons. The van der Waals surface area contributed by atoms with Crippen molar-refractivity contribution in [3.63, 3.8) is 0 Å². The van der Waals surface area contributed by atoms with E-state index in [9.17, 15) is 4.79 Å². The lowest BCUT2D eigenvalue weighted by Gasteiger charge is -2.17. The second kappa shape index (κ2) is 7.45. The molecule has 0 saturated carbocycles. The minimum Gasteiger partial charge on any atom is -0.496 e. The SMILES string of the molecule is COc1ccc(Br)cc1/C=C/C(=O)N1CCCNCC1. The lowest BCUT2D eigenvalue weighted by Crippen LogP contribution is -2.32. The number of hydrogen-bond donors (Lipinski definition) is 1. The van der Waals surface area contributed by atoms with E-state index in [1.807, 2.05) is 29.2 Å². The Bertz CT molecular complexity index is 495. The molecule has 5 heteroatoms. The molecule has 1 aromatic carbocycles. The molecule has 108 valence electrons. The highest BCUT2D eigenvalue weighted by Gasteiger charge is 2.12. The van der Waals surface area contributed by atoms with E-state index in [1.165, 1.54) is 0 Å². The standard InChI is InChI=1S/C15H19BrN2O2/c1-20-14-5-4-13(16)11-12(14)3-6-15(19)18-9-2-7-17-8-10-18/h3-6,11,17H,2,7-10H2,1H3/b6-3+. The molecule has 0 unspecified atom stereocenters. The van der Waals surface area contributed by atoms with Crippen molar-refractivity contribution < 1.29 is 9.53 Å². The number of halogens is 1. The third kappa shape index (κ3) is 4.08. The molecule has 1 N–H and O–H groups in total. The largest absolute Gasteiger partial charge is 0.496 e. The van der Waals surface area contributed by atoms with Gasteiger partial charge in [-0.1, -0.05) is 15.9 Å². The number of carbonyl (C=O) groups excluding carboxylic acids is 1. The highest BCUT2D eigenvalue weighted by molar-refractivity contribution is 9.10. The number of hydrogen-bond acceptors (Lipinski definition) is 3. The number of amides is 1. The van der Waals surface area contributed by atoms with Gasteiger partial charge < -0.3 is 15.0 Å². The van der Waals surface area contributed by atoms with Crippen LogP contribution in [-0.4, -0.2) is 44.1 Å². The molecular weight excluding hydrogens is 320 g/mol. The van der Waals surface area contributed by atoms with E-state index >= 15 is 0 Å². The molecule has 0 atom stereocenters. The summed E-state index contributed by atoms with van der Waals surface area (Å²) in [6.45, 7) is 3.41. The van der Waals surface area contributed by atoms with Crippen LogP contribution in [0.15, 0.2) is 28.7 Å². The second-order valence-electron chi connectivity index (χ2n) is 4.65. The molecule has 4 nitrogen and oxygen atoms in total. The number of nitrogens with zero attached hydrogens (tertiary/aromatic N) is 1. The maximum atomic E-state index is 12.2. The van der Waals surface area contributed by atoms with Crippen LogP contribution in [-0.2, 0) is 4.79 Å². The topological polar surface area (TPSA) is 41.6 Å². The quantitative estimate of drug-likeness (QED) is 0.860. The molecule has 0 aliphatic carbocycles. The number of benzene rings is 1. The minimum atomic E-state index is 0.0516. The van der Waals surface area contributed by atoms with Gasteiger partial charge >= 0.3 is 0 Å². The van der Waals surface area contributed by atoms with Crippen LogP contribution in [0.3, 0.4) is 0 Å². The van der Waals surface area contributed by atoms with Gasteiger partial charge in [-0.15, -0.1) is 0 Å². The van der Waals surface area contributed by atoms with Crippen molar-refractivity contribution in [3.8, 4) is 5.75 Å². The predicted octanol–water partition coefficient (Wildman–Crippen LogP) is 2.29. The lowest BCUT2D eigenvalue weighted by atomic mass is 10.2. The summed E-state index contributed by atoms with van der Waals surface area (Å²) in [5.74, 6) is 0.811. The lowest BCUT2D eigenvalue weighted by molar-refractivity contribution is -0.125. The third-order valence-corrected chi connectivity index (χ3v) is 3.74. The fraction of sp³-hybridized carbons (Fsp3) is 0.400.